The standard InChI is InChI=1S/2C14H16ClNO3/c1-4-19-14(17)6-9-8(2)16-12-7-11(15)13(18-3)5-10(9)12;1-4-19-12(17)7-9-8(2)16-10-5-6-11(18-3)14(15)13(9)10/h5,7,16H,4,6H2,1-3H3;5-6,16H,4,7H2,1-3H3. The van der Waals surface area contributed by atoms with Crippen molar-refractivity contribution < 1.29 is 28.5 Å². The number of halogens is 2. The molecule has 2 heterocycles. The van der Waals surface area contributed by atoms with Crippen molar-refractivity contribution in [1.29, 1.82) is 0 Å². The van der Waals surface area contributed by atoms with Crippen molar-refractivity contribution in [1.82, 2.24) is 9.97 Å². The van der Waals surface area contributed by atoms with Crippen LogP contribution in [0.5, 0.6) is 11.5 Å². The molecule has 10 heteroatoms. The summed E-state index contributed by atoms with van der Waals surface area (Å²) in [4.78, 5) is 29.7. The first kappa shape index (κ1) is 29.2. The normalized spacial score (nSPS) is 10.7. The van der Waals surface area contributed by atoms with E-state index >= 15 is 0 Å². The van der Waals surface area contributed by atoms with Gasteiger partial charge in [-0.05, 0) is 63.1 Å². The molecule has 38 heavy (non-hydrogen) atoms. The monoisotopic (exact) mass is 562 g/mol. The average molecular weight is 563 g/mol. The fraction of sp³-hybridized carbons (Fsp3) is 0.357. The minimum absolute atomic E-state index is 0.201. The maximum Gasteiger partial charge on any atom is 0.310 e. The van der Waals surface area contributed by atoms with Crippen LogP contribution < -0.4 is 9.47 Å². The smallest absolute Gasteiger partial charge is 0.310 e. The van der Waals surface area contributed by atoms with Crippen molar-refractivity contribution >= 4 is 56.9 Å². The highest BCUT2D eigenvalue weighted by molar-refractivity contribution is 6.37. The van der Waals surface area contributed by atoms with Crippen LogP contribution in [0.4, 0.5) is 0 Å². The second kappa shape index (κ2) is 12.9. The predicted molar refractivity (Wildman–Crippen MR) is 150 cm³/mol. The first-order valence-electron chi connectivity index (χ1n) is 12.1. The van der Waals surface area contributed by atoms with E-state index in [1.54, 1.807) is 40.2 Å². The molecular formula is C28H32Cl2N2O6. The van der Waals surface area contributed by atoms with Gasteiger partial charge in [0.25, 0.3) is 0 Å². The van der Waals surface area contributed by atoms with E-state index in [1.807, 2.05) is 26.0 Å². The highest BCUT2D eigenvalue weighted by atomic mass is 35.5. The predicted octanol–water partition coefficient (Wildman–Crippen LogP) is 6.49. The van der Waals surface area contributed by atoms with Crippen LogP contribution in [0.2, 0.25) is 10.0 Å². The van der Waals surface area contributed by atoms with Gasteiger partial charge in [-0.25, -0.2) is 0 Å². The number of hydrogen-bond acceptors (Lipinski definition) is 6. The molecule has 4 rings (SSSR count). The van der Waals surface area contributed by atoms with Crippen molar-refractivity contribution in [3.05, 3.63) is 56.8 Å². The maximum absolute atomic E-state index is 11.7. The van der Waals surface area contributed by atoms with Gasteiger partial charge in [0.1, 0.15) is 11.5 Å². The number of nitrogens with one attached hydrogen (secondary N) is 2. The Labute approximate surface area is 231 Å². The lowest BCUT2D eigenvalue weighted by Gasteiger charge is -2.06. The maximum atomic E-state index is 11.7. The zero-order valence-corrected chi connectivity index (χ0v) is 23.9. The van der Waals surface area contributed by atoms with Gasteiger partial charge >= 0.3 is 11.9 Å². The molecule has 0 spiro atoms. The Hall–Kier alpha value is -3.36. The molecule has 0 fully saturated rings. The fourth-order valence-electron chi connectivity index (χ4n) is 4.28. The third-order valence-electron chi connectivity index (χ3n) is 6.05. The summed E-state index contributed by atoms with van der Waals surface area (Å²) in [6.07, 6.45) is 0.441. The molecule has 0 radical (unpaired) electrons. The molecule has 0 unspecified atom stereocenters. The van der Waals surface area contributed by atoms with Crippen LogP contribution in [-0.4, -0.2) is 49.3 Å². The number of aromatic nitrogens is 2. The fourth-order valence-corrected chi connectivity index (χ4v) is 4.88. The van der Waals surface area contributed by atoms with Crippen LogP contribution in [0.15, 0.2) is 24.3 Å². The van der Waals surface area contributed by atoms with Crippen LogP contribution in [-0.2, 0) is 31.9 Å². The van der Waals surface area contributed by atoms with Crippen LogP contribution >= 0.6 is 23.2 Å². The van der Waals surface area contributed by atoms with E-state index in [2.05, 4.69) is 9.97 Å². The van der Waals surface area contributed by atoms with Gasteiger partial charge < -0.3 is 28.9 Å². The van der Waals surface area contributed by atoms with Gasteiger partial charge in [0.05, 0.1) is 50.3 Å². The number of hydrogen-bond donors (Lipinski definition) is 2. The summed E-state index contributed by atoms with van der Waals surface area (Å²) in [7, 11) is 3.13. The van der Waals surface area contributed by atoms with Crippen molar-refractivity contribution in [2.45, 2.75) is 40.5 Å². The number of fused-ring (bicyclic) bond motifs is 2. The highest BCUT2D eigenvalue weighted by Crippen LogP contribution is 2.36. The lowest BCUT2D eigenvalue weighted by atomic mass is 10.1. The van der Waals surface area contributed by atoms with Gasteiger partial charge in [0.2, 0.25) is 0 Å². The van der Waals surface area contributed by atoms with E-state index in [9.17, 15) is 9.59 Å². The number of carbonyl (C=O) groups is 2. The number of rotatable bonds is 8. The van der Waals surface area contributed by atoms with Gasteiger partial charge in [-0.15, -0.1) is 0 Å². The number of H-pyrrole nitrogens is 2. The second-order valence-corrected chi connectivity index (χ2v) is 9.24. The molecule has 0 aliphatic carbocycles. The van der Waals surface area contributed by atoms with Crippen LogP contribution in [0.1, 0.15) is 36.4 Å². The van der Waals surface area contributed by atoms with Crippen molar-refractivity contribution in [3.63, 3.8) is 0 Å². The van der Waals surface area contributed by atoms with Crippen molar-refractivity contribution in [3.8, 4) is 11.5 Å². The summed E-state index contributed by atoms with van der Waals surface area (Å²) < 4.78 is 20.4. The number of esters is 2. The summed E-state index contributed by atoms with van der Waals surface area (Å²) in [5.74, 6) is 0.697. The van der Waals surface area contributed by atoms with E-state index in [1.165, 1.54) is 0 Å². The van der Waals surface area contributed by atoms with E-state index in [0.29, 0.717) is 34.8 Å². The first-order chi connectivity index (χ1) is 18.1. The minimum Gasteiger partial charge on any atom is -0.495 e. The summed E-state index contributed by atoms with van der Waals surface area (Å²) in [5.41, 5.74) is 5.41. The van der Waals surface area contributed by atoms with Crippen molar-refractivity contribution in [2.24, 2.45) is 0 Å². The van der Waals surface area contributed by atoms with E-state index in [-0.39, 0.29) is 24.8 Å². The van der Waals surface area contributed by atoms with Gasteiger partial charge in [0.15, 0.2) is 0 Å². The number of carbonyl (C=O) groups excluding carboxylic acids is 2. The van der Waals surface area contributed by atoms with Crippen molar-refractivity contribution in [2.75, 3.05) is 27.4 Å². The topological polar surface area (TPSA) is 103 Å². The molecule has 8 nitrogen and oxygen atoms in total. The van der Waals surface area contributed by atoms with Gasteiger partial charge in [-0.1, -0.05) is 23.2 Å². The second-order valence-electron chi connectivity index (χ2n) is 8.46. The molecule has 2 aromatic carbocycles. The Bertz CT molecular complexity index is 1450. The lowest BCUT2D eigenvalue weighted by Crippen LogP contribution is -2.08. The van der Waals surface area contributed by atoms with E-state index < -0.39 is 0 Å². The highest BCUT2D eigenvalue weighted by Gasteiger charge is 2.18. The van der Waals surface area contributed by atoms with E-state index in [4.69, 9.17) is 42.1 Å². The molecule has 204 valence electrons. The number of methoxy groups -OCH3 is 2. The average Bonchev–Trinajstić information content (AvgIpc) is 3.34. The molecule has 0 saturated carbocycles. The quantitative estimate of drug-likeness (QED) is 0.238. The molecule has 4 aromatic rings. The largest absolute Gasteiger partial charge is 0.495 e. The molecule has 0 atom stereocenters. The third kappa shape index (κ3) is 6.37. The molecule has 0 aliphatic rings. The number of ether oxygens (including phenoxy) is 4. The third-order valence-corrected chi connectivity index (χ3v) is 6.72. The zero-order chi connectivity index (χ0) is 28.0. The summed E-state index contributed by atoms with van der Waals surface area (Å²) in [5, 5.41) is 2.82. The Morgan fingerprint density at radius 2 is 1.34 bits per heavy atom. The summed E-state index contributed by atoms with van der Waals surface area (Å²) in [6, 6.07) is 7.34. The molecule has 2 aromatic heterocycles. The molecule has 0 saturated heterocycles. The molecule has 2 N–H and O–H groups in total. The number of benzene rings is 2. The Morgan fingerprint density at radius 1 is 0.789 bits per heavy atom. The van der Waals surface area contributed by atoms with Crippen LogP contribution in [0, 0.1) is 13.8 Å². The lowest BCUT2D eigenvalue weighted by molar-refractivity contribution is -0.143. The Balaban J connectivity index is 0.000000211. The van der Waals surface area contributed by atoms with Gasteiger partial charge in [0, 0.05) is 33.2 Å². The first-order valence-corrected chi connectivity index (χ1v) is 12.9. The van der Waals surface area contributed by atoms with Crippen LogP contribution in [0.3, 0.4) is 0 Å². The molecule has 0 bridgehead atoms. The number of aryl methyl sites for hydroxylation is 2. The summed E-state index contributed by atoms with van der Waals surface area (Å²) in [6.45, 7) is 8.18. The zero-order valence-electron chi connectivity index (χ0n) is 22.3. The van der Waals surface area contributed by atoms with E-state index in [0.717, 1.165) is 44.3 Å². The molecule has 0 amide bonds. The molecule has 0 aliphatic heterocycles. The Morgan fingerprint density at radius 3 is 1.92 bits per heavy atom. The Kier molecular flexibility index (Phi) is 9.94. The van der Waals surface area contributed by atoms with Gasteiger partial charge in [-0.2, -0.15) is 0 Å². The SMILES string of the molecule is CCOC(=O)Cc1c(C)[nH]c2cc(Cl)c(OC)cc12.CCOC(=O)Cc1c(C)[nH]c2ccc(OC)c(Cl)c12. The van der Waals surface area contributed by atoms with Gasteiger partial charge in [-0.3, -0.25) is 9.59 Å². The number of aromatic amines is 2. The van der Waals surface area contributed by atoms with Crippen LogP contribution in [0.25, 0.3) is 21.8 Å². The molecular weight excluding hydrogens is 531 g/mol. The summed E-state index contributed by atoms with van der Waals surface area (Å²) >= 11 is 12.4. The minimum atomic E-state index is -0.259.